The highest BCUT2D eigenvalue weighted by atomic mass is 16.3. The second kappa shape index (κ2) is 2.07. The fraction of sp³-hybridized carbons (Fsp3) is 0.625. The molecule has 2 aliphatic carbocycles. The van der Waals surface area contributed by atoms with Crippen LogP contribution in [0.3, 0.4) is 0 Å². The lowest BCUT2D eigenvalue weighted by Gasteiger charge is -2.17. The molecule has 0 amide bonds. The van der Waals surface area contributed by atoms with E-state index in [-0.39, 0.29) is 23.8 Å². The van der Waals surface area contributed by atoms with E-state index in [2.05, 4.69) is 6.07 Å². The van der Waals surface area contributed by atoms with E-state index in [1.807, 2.05) is 6.08 Å². The van der Waals surface area contributed by atoms with Crippen molar-refractivity contribution in [2.45, 2.75) is 12.1 Å². The summed E-state index contributed by atoms with van der Waals surface area (Å²) in [6, 6.07) is 1.90. The first-order chi connectivity index (χ1) is 5.25. The molecule has 3 heteroatoms. The molecule has 0 aromatic carbocycles. The van der Waals surface area contributed by atoms with Crippen LogP contribution in [0, 0.1) is 29.1 Å². The molecule has 2 aliphatic rings. The number of aliphatic hydroxyl groups excluding tert-OH is 1. The number of fused-ring (bicyclic) bond motifs is 1. The van der Waals surface area contributed by atoms with Gasteiger partial charge in [-0.05, 0) is 5.92 Å². The molecule has 0 aromatic heterocycles. The van der Waals surface area contributed by atoms with E-state index >= 15 is 0 Å². The first-order valence-electron chi connectivity index (χ1n) is 3.77. The second-order valence-electron chi connectivity index (χ2n) is 3.26. The van der Waals surface area contributed by atoms with Gasteiger partial charge in [0.25, 0.3) is 0 Å². The summed E-state index contributed by atoms with van der Waals surface area (Å²) in [5.41, 5.74) is 5.57. The molecule has 1 unspecified atom stereocenters. The zero-order valence-electron chi connectivity index (χ0n) is 6.01. The number of rotatable bonds is 0. The van der Waals surface area contributed by atoms with E-state index in [1.54, 1.807) is 6.08 Å². The molecule has 0 aliphatic heterocycles. The molecule has 0 radical (unpaired) electrons. The Kier molecular flexibility index (Phi) is 1.28. The van der Waals surface area contributed by atoms with Crippen LogP contribution in [0.5, 0.6) is 0 Å². The van der Waals surface area contributed by atoms with Gasteiger partial charge in [0, 0.05) is 12.0 Å². The number of allylic oxidation sites excluding steroid dienone is 1. The summed E-state index contributed by atoms with van der Waals surface area (Å²) >= 11 is 0. The highest BCUT2D eigenvalue weighted by Gasteiger charge is 2.55. The minimum Gasteiger partial charge on any atom is -0.391 e. The third-order valence-corrected chi connectivity index (χ3v) is 2.63. The molecular formula is C8H10N2O. The van der Waals surface area contributed by atoms with E-state index in [1.165, 1.54) is 0 Å². The van der Waals surface area contributed by atoms with Crippen molar-refractivity contribution < 1.29 is 5.11 Å². The molecule has 0 saturated heterocycles. The third-order valence-electron chi connectivity index (χ3n) is 2.63. The summed E-state index contributed by atoms with van der Waals surface area (Å²) in [6.07, 6.45) is 3.24. The lowest BCUT2D eigenvalue weighted by Crippen LogP contribution is -2.36. The van der Waals surface area contributed by atoms with Crippen LogP contribution in [0.25, 0.3) is 0 Å². The maximum Gasteiger partial charge on any atom is 0.0773 e. The summed E-state index contributed by atoms with van der Waals surface area (Å²) in [5, 5.41) is 18.1. The summed E-state index contributed by atoms with van der Waals surface area (Å²) < 4.78 is 0. The van der Waals surface area contributed by atoms with Gasteiger partial charge in [0.05, 0.1) is 18.1 Å². The van der Waals surface area contributed by atoms with Crippen molar-refractivity contribution in [3.8, 4) is 6.07 Å². The van der Waals surface area contributed by atoms with Gasteiger partial charge in [-0.2, -0.15) is 5.26 Å². The fourth-order valence-corrected chi connectivity index (χ4v) is 1.85. The minimum absolute atomic E-state index is 0.00907. The number of aliphatic hydroxyl groups is 1. The largest absolute Gasteiger partial charge is 0.391 e. The van der Waals surface area contributed by atoms with Crippen molar-refractivity contribution >= 4 is 0 Å². The van der Waals surface area contributed by atoms with Crippen LogP contribution in [-0.2, 0) is 0 Å². The predicted octanol–water partition coefficient (Wildman–Crippen LogP) is -0.370. The molecule has 0 bridgehead atoms. The van der Waals surface area contributed by atoms with E-state index in [9.17, 15) is 5.11 Å². The molecule has 1 fully saturated rings. The minimum atomic E-state index is -0.505. The van der Waals surface area contributed by atoms with E-state index in [0.717, 1.165) is 0 Å². The van der Waals surface area contributed by atoms with Crippen LogP contribution >= 0.6 is 0 Å². The average molecular weight is 150 g/mol. The number of nitrogens with zero attached hydrogens (tertiary/aromatic N) is 1. The smallest absolute Gasteiger partial charge is 0.0773 e. The third kappa shape index (κ3) is 0.802. The maximum absolute atomic E-state index is 9.46. The van der Waals surface area contributed by atoms with Gasteiger partial charge in [-0.1, -0.05) is 12.2 Å². The summed E-state index contributed by atoms with van der Waals surface area (Å²) in [7, 11) is 0. The first-order valence-corrected chi connectivity index (χ1v) is 3.77. The van der Waals surface area contributed by atoms with Crippen molar-refractivity contribution in [2.75, 3.05) is 0 Å². The Balaban J connectivity index is 2.18. The van der Waals surface area contributed by atoms with Crippen molar-refractivity contribution in [3.05, 3.63) is 12.2 Å². The molecule has 3 N–H and O–H groups in total. The SMILES string of the molecule is N#CC1[C@H]2[C@H](O)[C@@H](N)C=C[C@@H]12. The number of nitrogens with two attached hydrogens (primary N) is 1. The lowest BCUT2D eigenvalue weighted by atomic mass is 10.0. The summed E-state index contributed by atoms with van der Waals surface area (Å²) in [6.45, 7) is 0. The van der Waals surface area contributed by atoms with Gasteiger partial charge in [0.1, 0.15) is 0 Å². The highest BCUT2D eigenvalue weighted by Crippen LogP contribution is 2.51. The van der Waals surface area contributed by atoms with Crippen LogP contribution in [0.4, 0.5) is 0 Å². The maximum atomic E-state index is 9.46. The van der Waals surface area contributed by atoms with Gasteiger partial charge in [-0.25, -0.2) is 0 Å². The molecule has 0 spiro atoms. The van der Waals surface area contributed by atoms with Gasteiger partial charge < -0.3 is 10.8 Å². The standard InChI is InChI=1S/C8H10N2O/c9-3-5-4-1-2-6(10)8(11)7(4)5/h1-2,4-8,11H,10H2/t4-,5?,6-,7-,8+/m0/s1. The molecule has 11 heavy (non-hydrogen) atoms. The van der Waals surface area contributed by atoms with Crippen LogP contribution in [-0.4, -0.2) is 17.3 Å². The molecule has 5 atom stereocenters. The molecule has 0 heterocycles. The Hall–Kier alpha value is -0.850. The molecule has 58 valence electrons. The Morgan fingerprint density at radius 1 is 1.45 bits per heavy atom. The van der Waals surface area contributed by atoms with E-state index in [4.69, 9.17) is 11.0 Å². The van der Waals surface area contributed by atoms with Crippen molar-refractivity contribution in [2.24, 2.45) is 23.5 Å². The van der Waals surface area contributed by atoms with Gasteiger partial charge >= 0.3 is 0 Å². The quantitative estimate of drug-likeness (QED) is 0.463. The van der Waals surface area contributed by atoms with Crippen LogP contribution in [0.2, 0.25) is 0 Å². The van der Waals surface area contributed by atoms with Crippen molar-refractivity contribution in [1.29, 1.82) is 5.26 Å². The van der Waals surface area contributed by atoms with Crippen molar-refractivity contribution in [3.63, 3.8) is 0 Å². The van der Waals surface area contributed by atoms with Gasteiger partial charge in [-0.3, -0.25) is 0 Å². The monoisotopic (exact) mass is 150 g/mol. The van der Waals surface area contributed by atoms with E-state index in [0.29, 0.717) is 0 Å². The number of hydrogen-bond donors (Lipinski definition) is 2. The molecular weight excluding hydrogens is 140 g/mol. The number of hydrogen-bond acceptors (Lipinski definition) is 3. The van der Waals surface area contributed by atoms with Crippen LogP contribution in [0.1, 0.15) is 0 Å². The average Bonchev–Trinajstić information content (AvgIpc) is 2.71. The molecule has 1 saturated carbocycles. The molecule has 0 aromatic rings. The zero-order chi connectivity index (χ0) is 8.01. The molecule has 3 nitrogen and oxygen atoms in total. The highest BCUT2D eigenvalue weighted by molar-refractivity contribution is 5.25. The van der Waals surface area contributed by atoms with Crippen molar-refractivity contribution in [1.82, 2.24) is 0 Å². The molecule has 2 rings (SSSR count). The van der Waals surface area contributed by atoms with Gasteiger partial charge in [0.15, 0.2) is 0 Å². The van der Waals surface area contributed by atoms with E-state index < -0.39 is 6.10 Å². The lowest BCUT2D eigenvalue weighted by molar-refractivity contribution is 0.127. The predicted molar refractivity (Wildman–Crippen MR) is 39.2 cm³/mol. The second-order valence-corrected chi connectivity index (χ2v) is 3.26. The Bertz CT molecular complexity index is 243. The van der Waals surface area contributed by atoms with Gasteiger partial charge in [0.2, 0.25) is 0 Å². The normalized spacial score (nSPS) is 53.0. The topological polar surface area (TPSA) is 70.0 Å². The summed E-state index contributed by atoms with van der Waals surface area (Å²) in [5.74, 6) is 0.393. The Morgan fingerprint density at radius 2 is 2.18 bits per heavy atom. The first kappa shape index (κ1) is 6.84. The van der Waals surface area contributed by atoms with Crippen LogP contribution in [0.15, 0.2) is 12.2 Å². The zero-order valence-corrected chi connectivity index (χ0v) is 6.01. The summed E-state index contributed by atoms with van der Waals surface area (Å²) in [4.78, 5) is 0. The Labute approximate surface area is 65.1 Å². The van der Waals surface area contributed by atoms with Gasteiger partial charge in [-0.15, -0.1) is 0 Å². The number of nitriles is 1. The Morgan fingerprint density at radius 3 is 2.82 bits per heavy atom. The van der Waals surface area contributed by atoms with Crippen LogP contribution < -0.4 is 5.73 Å². The fourth-order valence-electron chi connectivity index (χ4n) is 1.85.